The normalized spacial score (nSPS) is 12.1. The Balaban J connectivity index is 1.42. The van der Waals surface area contributed by atoms with E-state index >= 15 is 0 Å². The number of aromatic nitrogens is 1. The van der Waals surface area contributed by atoms with E-state index in [1.165, 1.54) is 11.1 Å². The van der Waals surface area contributed by atoms with E-state index in [-0.39, 0.29) is 13.3 Å². The predicted octanol–water partition coefficient (Wildman–Crippen LogP) is 3.38. The van der Waals surface area contributed by atoms with Crippen molar-refractivity contribution in [1.29, 1.82) is 0 Å². The Morgan fingerprint density at radius 1 is 0.966 bits per heavy atom. The molecule has 0 aliphatic carbocycles. The number of carbonyl (C=O) groups excluding carboxylic acids is 2. The first-order valence-corrected chi connectivity index (χ1v) is 9.43. The number of fused-ring (bicyclic) bond motifs is 1. The molecule has 148 valence electrons. The third-order valence-corrected chi connectivity index (χ3v) is 5.08. The molecular weight excluding hydrogens is 368 g/mol. The van der Waals surface area contributed by atoms with Gasteiger partial charge in [0.2, 0.25) is 6.79 Å². The molecule has 0 unspecified atom stereocenters. The van der Waals surface area contributed by atoms with Crippen molar-refractivity contribution in [1.82, 2.24) is 9.88 Å². The van der Waals surface area contributed by atoms with E-state index in [9.17, 15) is 9.59 Å². The lowest BCUT2D eigenvalue weighted by molar-refractivity contribution is -0.117. The molecule has 0 spiro atoms. The summed E-state index contributed by atoms with van der Waals surface area (Å²) in [7, 11) is 0. The van der Waals surface area contributed by atoms with Crippen LogP contribution in [0.4, 0.5) is 0 Å². The van der Waals surface area contributed by atoms with Crippen LogP contribution in [0, 0.1) is 13.8 Å². The summed E-state index contributed by atoms with van der Waals surface area (Å²) >= 11 is 0. The van der Waals surface area contributed by atoms with E-state index in [2.05, 4.69) is 31.3 Å². The highest BCUT2D eigenvalue weighted by Gasteiger charge is 2.20. The number of ketones is 1. The van der Waals surface area contributed by atoms with Crippen molar-refractivity contribution in [2.45, 2.75) is 26.9 Å². The number of nitrogens with zero attached hydrogens (tertiary/aromatic N) is 1. The van der Waals surface area contributed by atoms with Crippen molar-refractivity contribution in [2.24, 2.45) is 0 Å². The van der Waals surface area contributed by atoms with Gasteiger partial charge in [0.05, 0.1) is 5.69 Å². The van der Waals surface area contributed by atoms with Gasteiger partial charge in [-0.05, 0) is 60.4 Å². The minimum absolute atomic E-state index is 0.196. The summed E-state index contributed by atoms with van der Waals surface area (Å²) < 4.78 is 12.4. The molecule has 0 bridgehead atoms. The van der Waals surface area contributed by atoms with Gasteiger partial charge in [-0.2, -0.15) is 0 Å². The lowest BCUT2D eigenvalue weighted by Gasteiger charge is -2.11. The largest absolute Gasteiger partial charge is 0.454 e. The van der Waals surface area contributed by atoms with Crippen molar-refractivity contribution >= 4 is 11.7 Å². The van der Waals surface area contributed by atoms with Gasteiger partial charge in [0.1, 0.15) is 0 Å². The maximum absolute atomic E-state index is 12.7. The maximum Gasteiger partial charge on any atom is 0.294 e. The van der Waals surface area contributed by atoms with Crippen LogP contribution in [0.2, 0.25) is 0 Å². The van der Waals surface area contributed by atoms with E-state index in [0.29, 0.717) is 23.7 Å². The number of ether oxygens (including phenoxy) is 2. The topological polar surface area (TPSA) is 69.6 Å². The van der Waals surface area contributed by atoms with Crippen LogP contribution in [0.15, 0.2) is 54.7 Å². The molecule has 1 aliphatic rings. The molecule has 0 atom stereocenters. The van der Waals surface area contributed by atoms with Crippen LogP contribution in [0.3, 0.4) is 0 Å². The zero-order valence-electron chi connectivity index (χ0n) is 16.4. The molecule has 3 aromatic rings. The number of amides is 1. The Hall–Kier alpha value is -3.54. The lowest BCUT2D eigenvalue weighted by Crippen LogP contribution is -2.32. The molecular formula is C23H22N2O4. The second-order valence-corrected chi connectivity index (χ2v) is 7.14. The maximum atomic E-state index is 12.7. The molecule has 0 radical (unpaired) electrons. The fourth-order valence-corrected chi connectivity index (χ4v) is 3.29. The van der Waals surface area contributed by atoms with Gasteiger partial charge in [-0.15, -0.1) is 0 Å². The zero-order valence-corrected chi connectivity index (χ0v) is 16.4. The third-order valence-electron chi connectivity index (χ3n) is 5.08. The number of hydrogen-bond donors (Lipinski definition) is 1. The quantitative estimate of drug-likeness (QED) is 0.517. The fraction of sp³-hybridized carbons (Fsp3) is 0.217. The summed E-state index contributed by atoms with van der Waals surface area (Å²) in [5.41, 5.74) is 4.70. The SMILES string of the molecule is Cc1ccc(Cn2cccc2C(=O)C(=O)NCc2ccc3c(c2)OCO3)cc1C. The van der Waals surface area contributed by atoms with Gasteiger partial charge < -0.3 is 19.4 Å². The molecule has 2 aromatic carbocycles. The Labute approximate surface area is 169 Å². The monoisotopic (exact) mass is 390 g/mol. The molecule has 6 nitrogen and oxygen atoms in total. The number of rotatable bonds is 6. The second-order valence-electron chi connectivity index (χ2n) is 7.14. The number of hydrogen-bond acceptors (Lipinski definition) is 4. The van der Waals surface area contributed by atoms with Crippen molar-refractivity contribution < 1.29 is 19.1 Å². The molecule has 1 N–H and O–H groups in total. The predicted molar refractivity (Wildman–Crippen MR) is 108 cm³/mol. The highest BCUT2D eigenvalue weighted by molar-refractivity contribution is 6.42. The molecule has 0 fully saturated rings. The molecule has 0 saturated carbocycles. The van der Waals surface area contributed by atoms with Crippen LogP contribution in [-0.4, -0.2) is 23.1 Å². The summed E-state index contributed by atoms with van der Waals surface area (Å²) in [6.45, 7) is 5.09. The number of Topliss-reactive ketones (excluding diaryl/α,β-unsaturated/α-hetero) is 1. The van der Waals surface area contributed by atoms with Gasteiger partial charge in [-0.3, -0.25) is 9.59 Å². The zero-order chi connectivity index (χ0) is 20.4. The van der Waals surface area contributed by atoms with E-state index in [1.54, 1.807) is 28.8 Å². The third kappa shape index (κ3) is 4.01. The molecule has 0 saturated heterocycles. The van der Waals surface area contributed by atoms with E-state index in [4.69, 9.17) is 9.47 Å². The van der Waals surface area contributed by atoms with Crippen molar-refractivity contribution in [3.63, 3.8) is 0 Å². The molecule has 1 amide bonds. The van der Waals surface area contributed by atoms with Crippen LogP contribution in [0.25, 0.3) is 0 Å². The number of benzene rings is 2. The Morgan fingerprint density at radius 2 is 1.76 bits per heavy atom. The first-order chi connectivity index (χ1) is 14.0. The Morgan fingerprint density at radius 3 is 2.59 bits per heavy atom. The van der Waals surface area contributed by atoms with E-state index in [1.807, 2.05) is 18.3 Å². The van der Waals surface area contributed by atoms with Crippen molar-refractivity contribution in [3.05, 3.63) is 82.7 Å². The Bertz CT molecular complexity index is 1080. The van der Waals surface area contributed by atoms with Gasteiger partial charge in [-0.25, -0.2) is 0 Å². The molecule has 2 heterocycles. The lowest BCUT2D eigenvalue weighted by atomic mass is 10.1. The summed E-state index contributed by atoms with van der Waals surface area (Å²) in [5, 5.41) is 2.69. The van der Waals surface area contributed by atoms with Crippen LogP contribution in [0.1, 0.15) is 32.7 Å². The average molecular weight is 390 g/mol. The highest BCUT2D eigenvalue weighted by atomic mass is 16.7. The standard InChI is InChI=1S/C23H22N2O4/c1-15-5-6-18(10-16(15)2)13-25-9-3-4-19(25)22(26)23(27)24-12-17-7-8-20-21(11-17)29-14-28-20/h3-11H,12-14H2,1-2H3,(H,24,27). The first-order valence-electron chi connectivity index (χ1n) is 9.43. The highest BCUT2D eigenvalue weighted by Crippen LogP contribution is 2.32. The summed E-state index contributed by atoms with van der Waals surface area (Å²) in [5.74, 6) is 0.132. The second kappa shape index (κ2) is 7.83. The van der Waals surface area contributed by atoms with Gasteiger partial charge >= 0.3 is 0 Å². The van der Waals surface area contributed by atoms with Gasteiger partial charge in [-0.1, -0.05) is 24.3 Å². The van der Waals surface area contributed by atoms with E-state index in [0.717, 1.165) is 11.1 Å². The molecule has 1 aliphatic heterocycles. The van der Waals surface area contributed by atoms with Gasteiger partial charge in [0, 0.05) is 19.3 Å². The van der Waals surface area contributed by atoms with Crippen LogP contribution in [-0.2, 0) is 17.9 Å². The van der Waals surface area contributed by atoms with Crippen molar-refractivity contribution in [2.75, 3.05) is 6.79 Å². The average Bonchev–Trinajstić information content (AvgIpc) is 3.37. The summed E-state index contributed by atoms with van der Waals surface area (Å²) in [6, 6.07) is 15.1. The van der Waals surface area contributed by atoms with Crippen molar-refractivity contribution in [3.8, 4) is 11.5 Å². The number of aryl methyl sites for hydroxylation is 2. The first kappa shape index (κ1) is 18.8. The summed E-state index contributed by atoms with van der Waals surface area (Å²) in [4.78, 5) is 25.1. The van der Waals surface area contributed by atoms with E-state index < -0.39 is 11.7 Å². The fourth-order valence-electron chi connectivity index (χ4n) is 3.29. The van der Waals surface area contributed by atoms with Gasteiger partial charge in [0.25, 0.3) is 11.7 Å². The van der Waals surface area contributed by atoms with Crippen LogP contribution < -0.4 is 14.8 Å². The van der Waals surface area contributed by atoms with Crippen LogP contribution in [0.5, 0.6) is 11.5 Å². The minimum atomic E-state index is -0.636. The smallest absolute Gasteiger partial charge is 0.294 e. The number of nitrogens with one attached hydrogen (secondary N) is 1. The van der Waals surface area contributed by atoms with Crippen LogP contribution >= 0.6 is 0 Å². The molecule has 4 rings (SSSR count). The number of carbonyl (C=O) groups is 2. The summed E-state index contributed by atoms with van der Waals surface area (Å²) in [6.07, 6.45) is 1.81. The molecule has 6 heteroatoms. The molecule has 1 aromatic heterocycles. The minimum Gasteiger partial charge on any atom is -0.454 e. The molecule has 29 heavy (non-hydrogen) atoms. The van der Waals surface area contributed by atoms with Gasteiger partial charge in [0.15, 0.2) is 11.5 Å². The Kier molecular flexibility index (Phi) is 5.08.